The molecule has 1 aliphatic rings. The minimum atomic E-state index is -4.34. The van der Waals surface area contributed by atoms with Crippen molar-refractivity contribution in [1.29, 1.82) is 0 Å². The van der Waals surface area contributed by atoms with Crippen LogP contribution in [0.1, 0.15) is 24.2 Å². The van der Waals surface area contributed by atoms with Gasteiger partial charge in [-0.05, 0) is 42.8 Å². The van der Waals surface area contributed by atoms with E-state index in [0.29, 0.717) is 30.3 Å². The third-order valence-corrected chi connectivity index (χ3v) is 5.66. The lowest BCUT2D eigenvalue weighted by Gasteiger charge is -2.34. The fourth-order valence-corrected chi connectivity index (χ4v) is 3.77. The van der Waals surface area contributed by atoms with Crippen molar-refractivity contribution in [3.8, 4) is 0 Å². The van der Waals surface area contributed by atoms with Crippen LogP contribution in [0, 0.1) is 0 Å². The van der Waals surface area contributed by atoms with Crippen molar-refractivity contribution in [2.45, 2.75) is 25.3 Å². The van der Waals surface area contributed by atoms with Crippen molar-refractivity contribution in [1.82, 2.24) is 0 Å². The minimum absolute atomic E-state index is 0.148. The summed E-state index contributed by atoms with van der Waals surface area (Å²) in [5.74, 6) is 0. The number of piperazine rings is 1. The van der Waals surface area contributed by atoms with Crippen molar-refractivity contribution in [2.24, 2.45) is 0 Å². The highest BCUT2D eigenvalue weighted by Gasteiger charge is 2.31. The number of rotatable bonds is 7. The molecule has 0 aromatic heterocycles. The van der Waals surface area contributed by atoms with Gasteiger partial charge < -0.3 is 19.6 Å². The molecule has 2 aromatic rings. The fraction of sp³-hybridized carbons (Fsp3) is 0.455. The monoisotopic (exact) mass is 443 g/mol. The van der Waals surface area contributed by atoms with Crippen molar-refractivity contribution in [3.63, 3.8) is 0 Å². The molecule has 1 aliphatic heterocycles. The SMILES string of the molecule is C[C@@H](OC[C@@H](O)C[NH+]1CCN(c2cccc(C(F)(F)F)c2)CC1)c1ccc(Cl)cc1. The van der Waals surface area contributed by atoms with Gasteiger partial charge in [0.2, 0.25) is 0 Å². The summed E-state index contributed by atoms with van der Waals surface area (Å²) in [6, 6.07) is 12.9. The van der Waals surface area contributed by atoms with Gasteiger partial charge in [0, 0.05) is 10.7 Å². The van der Waals surface area contributed by atoms with Gasteiger partial charge in [-0.15, -0.1) is 0 Å². The summed E-state index contributed by atoms with van der Waals surface area (Å²) in [5, 5.41) is 11.0. The number of aliphatic hydroxyl groups excluding tert-OH is 1. The van der Waals surface area contributed by atoms with E-state index in [1.165, 1.54) is 17.0 Å². The van der Waals surface area contributed by atoms with Crippen molar-refractivity contribution < 1.29 is 27.9 Å². The van der Waals surface area contributed by atoms with Gasteiger partial charge in [0.1, 0.15) is 12.6 Å². The number of hydrogen-bond donors (Lipinski definition) is 2. The first kappa shape index (κ1) is 22.9. The van der Waals surface area contributed by atoms with E-state index >= 15 is 0 Å². The molecule has 1 saturated heterocycles. The van der Waals surface area contributed by atoms with Crippen molar-refractivity contribution >= 4 is 17.3 Å². The third kappa shape index (κ3) is 6.35. The Bertz CT molecular complexity index is 809. The molecule has 0 saturated carbocycles. The summed E-state index contributed by atoms with van der Waals surface area (Å²) in [7, 11) is 0. The molecule has 30 heavy (non-hydrogen) atoms. The maximum Gasteiger partial charge on any atom is 0.416 e. The van der Waals surface area contributed by atoms with Crippen LogP contribution in [0.3, 0.4) is 0 Å². The van der Waals surface area contributed by atoms with Gasteiger partial charge in [-0.3, -0.25) is 0 Å². The largest absolute Gasteiger partial charge is 0.416 e. The molecule has 1 fully saturated rings. The van der Waals surface area contributed by atoms with E-state index in [9.17, 15) is 18.3 Å². The average Bonchev–Trinajstić information content (AvgIpc) is 2.72. The molecule has 0 aliphatic carbocycles. The highest BCUT2D eigenvalue weighted by Crippen LogP contribution is 2.31. The molecule has 164 valence electrons. The number of ether oxygens (including phenoxy) is 1. The molecule has 2 N–H and O–H groups in total. The molecule has 0 amide bonds. The number of anilines is 1. The minimum Gasteiger partial charge on any atom is -0.385 e. The van der Waals surface area contributed by atoms with E-state index in [4.69, 9.17) is 16.3 Å². The molecule has 4 nitrogen and oxygen atoms in total. The number of hydrogen-bond acceptors (Lipinski definition) is 3. The molecular formula is C22H27ClF3N2O2+. The normalized spacial score (nSPS) is 17.7. The first-order valence-corrected chi connectivity index (χ1v) is 10.4. The zero-order valence-electron chi connectivity index (χ0n) is 16.8. The maximum atomic E-state index is 12.9. The van der Waals surface area contributed by atoms with Gasteiger partial charge in [0.25, 0.3) is 0 Å². The van der Waals surface area contributed by atoms with Gasteiger partial charge in [0.15, 0.2) is 0 Å². The highest BCUT2D eigenvalue weighted by atomic mass is 35.5. The first-order chi connectivity index (χ1) is 14.2. The quantitative estimate of drug-likeness (QED) is 0.690. The summed E-state index contributed by atoms with van der Waals surface area (Å²) in [5.41, 5.74) is 0.954. The number of benzene rings is 2. The molecule has 0 bridgehead atoms. The average molecular weight is 444 g/mol. The van der Waals surface area contributed by atoms with E-state index in [1.807, 2.05) is 24.0 Å². The Morgan fingerprint density at radius 2 is 1.80 bits per heavy atom. The van der Waals surface area contributed by atoms with Crippen LogP contribution < -0.4 is 9.80 Å². The van der Waals surface area contributed by atoms with Gasteiger partial charge in [-0.1, -0.05) is 29.8 Å². The van der Waals surface area contributed by atoms with Crippen LogP contribution in [0.25, 0.3) is 0 Å². The van der Waals surface area contributed by atoms with Crippen LogP contribution in [0.4, 0.5) is 18.9 Å². The zero-order valence-corrected chi connectivity index (χ0v) is 17.6. The van der Waals surface area contributed by atoms with E-state index in [1.54, 1.807) is 18.2 Å². The molecule has 8 heteroatoms. The molecule has 3 rings (SSSR count). The van der Waals surface area contributed by atoms with Gasteiger partial charge in [-0.2, -0.15) is 13.2 Å². The Balaban J connectivity index is 1.43. The predicted molar refractivity (Wildman–Crippen MR) is 111 cm³/mol. The third-order valence-electron chi connectivity index (χ3n) is 5.41. The lowest BCUT2D eigenvalue weighted by molar-refractivity contribution is -0.903. The second-order valence-corrected chi connectivity index (χ2v) is 8.11. The van der Waals surface area contributed by atoms with Crippen molar-refractivity contribution in [2.75, 3.05) is 44.2 Å². The van der Waals surface area contributed by atoms with E-state index in [0.717, 1.165) is 24.7 Å². The maximum absolute atomic E-state index is 12.9. The standard InChI is InChI=1S/C22H26ClF3N2O2/c1-16(17-5-7-19(23)8-6-17)30-15-21(29)14-27-9-11-28(12-10-27)20-4-2-3-18(13-20)22(24,25)26/h2-8,13,16,21,29H,9-12,14-15H2,1H3/p+1/t16-,21+/m1/s1. The zero-order chi connectivity index (χ0) is 21.7. The summed E-state index contributed by atoms with van der Waals surface area (Å²) in [6.07, 6.45) is -5.09. The molecule has 0 spiro atoms. The molecule has 1 heterocycles. The second kappa shape index (κ2) is 10.0. The molecule has 2 atom stereocenters. The van der Waals surface area contributed by atoms with Crippen LogP contribution in [0.2, 0.25) is 5.02 Å². The summed E-state index contributed by atoms with van der Waals surface area (Å²) in [4.78, 5) is 3.18. The van der Waals surface area contributed by atoms with Crippen LogP contribution >= 0.6 is 11.6 Å². The number of alkyl halides is 3. The van der Waals surface area contributed by atoms with Gasteiger partial charge in [0.05, 0.1) is 44.5 Å². The smallest absolute Gasteiger partial charge is 0.385 e. The Hall–Kier alpha value is -1.80. The van der Waals surface area contributed by atoms with Gasteiger partial charge >= 0.3 is 6.18 Å². The number of nitrogens with one attached hydrogen (secondary N) is 1. The topological polar surface area (TPSA) is 37.1 Å². The van der Waals surface area contributed by atoms with E-state index < -0.39 is 17.8 Å². The van der Waals surface area contributed by atoms with Crippen LogP contribution in [0.5, 0.6) is 0 Å². The summed E-state index contributed by atoms with van der Waals surface area (Å²) in [6.45, 7) is 5.49. The lowest BCUT2D eigenvalue weighted by Crippen LogP contribution is -3.16. The Kier molecular flexibility index (Phi) is 7.63. The number of aliphatic hydroxyl groups is 1. The fourth-order valence-electron chi connectivity index (χ4n) is 3.64. The van der Waals surface area contributed by atoms with Crippen LogP contribution in [0.15, 0.2) is 48.5 Å². The number of nitrogens with zero attached hydrogens (tertiary/aromatic N) is 1. The Morgan fingerprint density at radius 3 is 2.43 bits per heavy atom. The van der Waals surface area contributed by atoms with Crippen molar-refractivity contribution in [3.05, 3.63) is 64.7 Å². The first-order valence-electron chi connectivity index (χ1n) is 10.0. The van der Waals surface area contributed by atoms with Crippen LogP contribution in [-0.2, 0) is 10.9 Å². The molecule has 0 radical (unpaired) electrons. The molecule has 0 unspecified atom stereocenters. The Morgan fingerprint density at radius 1 is 1.13 bits per heavy atom. The highest BCUT2D eigenvalue weighted by molar-refractivity contribution is 6.30. The van der Waals surface area contributed by atoms with Crippen LogP contribution in [-0.4, -0.2) is 50.5 Å². The van der Waals surface area contributed by atoms with E-state index in [2.05, 4.69) is 0 Å². The van der Waals surface area contributed by atoms with Gasteiger partial charge in [-0.25, -0.2) is 0 Å². The molecular weight excluding hydrogens is 417 g/mol. The summed E-state index contributed by atoms with van der Waals surface area (Å²) < 4.78 is 44.6. The lowest BCUT2D eigenvalue weighted by atomic mass is 10.1. The summed E-state index contributed by atoms with van der Waals surface area (Å²) >= 11 is 5.89. The number of quaternary nitrogens is 1. The van der Waals surface area contributed by atoms with E-state index in [-0.39, 0.29) is 12.7 Å². The molecule has 2 aromatic carbocycles. The predicted octanol–water partition coefficient (Wildman–Crippen LogP) is 3.20. The number of halogens is 4. The second-order valence-electron chi connectivity index (χ2n) is 7.67. The Labute approximate surface area is 179 Å².